The molecule has 1 unspecified atom stereocenters. The number of benzene rings is 2. The van der Waals surface area contributed by atoms with Crippen molar-refractivity contribution in [1.82, 2.24) is 14.5 Å². The van der Waals surface area contributed by atoms with Crippen LogP contribution >= 0.6 is 0 Å². The summed E-state index contributed by atoms with van der Waals surface area (Å²) >= 11 is 0. The first kappa shape index (κ1) is 17.7. The van der Waals surface area contributed by atoms with Crippen molar-refractivity contribution in [2.45, 2.75) is 38.6 Å². The van der Waals surface area contributed by atoms with Crippen molar-refractivity contribution in [2.75, 3.05) is 13.1 Å². The number of carbonyl (C=O) groups excluding carboxylic acids is 1. The van der Waals surface area contributed by atoms with Crippen molar-refractivity contribution >= 4 is 16.9 Å². The van der Waals surface area contributed by atoms with Gasteiger partial charge in [-0.15, -0.1) is 0 Å². The number of unbranched alkanes of at least 4 members (excludes halogenated alkanes) is 1. The first-order valence-electron chi connectivity index (χ1n) is 9.63. The third-order valence-electron chi connectivity index (χ3n) is 5.33. The maximum absolute atomic E-state index is 14.3. The molecule has 3 aromatic rings. The van der Waals surface area contributed by atoms with Crippen molar-refractivity contribution in [3.05, 3.63) is 65.7 Å². The molecule has 0 bridgehead atoms. The van der Waals surface area contributed by atoms with Gasteiger partial charge in [0.05, 0.1) is 17.6 Å². The average molecular weight is 365 g/mol. The van der Waals surface area contributed by atoms with Crippen LogP contribution in [0.4, 0.5) is 4.39 Å². The predicted molar refractivity (Wildman–Crippen MR) is 104 cm³/mol. The lowest BCUT2D eigenvalue weighted by molar-refractivity contribution is -0.127. The maximum atomic E-state index is 14.3. The van der Waals surface area contributed by atoms with E-state index in [0.717, 1.165) is 36.2 Å². The highest BCUT2D eigenvalue weighted by Crippen LogP contribution is 2.31. The van der Waals surface area contributed by atoms with Gasteiger partial charge in [-0.05, 0) is 24.6 Å². The molecule has 2 aromatic carbocycles. The van der Waals surface area contributed by atoms with E-state index < -0.39 is 0 Å². The van der Waals surface area contributed by atoms with Gasteiger partial charge in [0, 0.05) is 31.0 Å². The Morgan fingerprint density at radius 2 is 1.93 bits per heavy atom. The van der Waals surface area contributed by atoms with Crippen LogP contribution in [0, 0.1) is 5.82 Å². The minimum atomic E-state index is -0.215. The fourth-order valence-electron chi connectivity index (χ4n) is 3.88. The molecule has 5 heteroatoms. The molecule has 0 radical (unpaired) electrons. The summed E-state index contributed by atoms with van der Waals surface area (Å²) in [4.78, 5) is 19.2. The van der Waals surface area contributed by atoms with Gasteiger partial charge in [-0.3, -0.25) is 4.79 Å². The zero-order valence-electron chi connectivity index (χ0n) is 15.6. The number of hydrogen-bond donors (Lipinski definition) is 0. The van der Waals surface area contributed by atoms with Crippen molar-refractivity contribution in [3.63, 3.8) is 0 Å². The van der Waals surface area contributed by atoms with Gasteiger partial charge in [0.2, 0.25) is 5.91 Å². The molecular formula is C22H24FN3O. The van der Waals surface area contributed by atoms with Gasteiger partial charge in [0.15, 0.2) is 0 Å². The zero-order valence-corrected chi connectivity index (χ0v) is 15.6. The van der Waals surface area contributed by atoms with Crippen LogP contribution in [0.25, 0.3) is 11.0 Å². The van der Waals surface area contributed by atoms with E-state index in [9.17, 15) is 9.18 Å². The highest BCUT2D eigenvalue weighted by atomic mass is 19.1. The van der Waals surface area contributed by atoms with Gasteiger partial charge in [0.1, 0.15) is 11.6 Å². The van der Waals surface area contributed by atoms with Gasteiger partial charge in [-0.1, -0.05) is 43.7 Å². The van der Waals surface area contributed by atoms with Crippen LogP contribution < -0.4 is 0 Å². The van der Waals surface area contributed by atoms with E-state index in [4.69, 9.17) is 4.98 Å². The first-order chi connectivity index (χ1) is 13.2. The summed E-state index contributed by atoms with van der Waals surface area (Å²) in [5, 5.41) is 0. The third-order valence-corrected chi connectivity index (χ3v) is 5.33. The Morgan fingerprint density at radius 1 is 1.15 bits per heavy atom. The number of amides is 1. The Balaban J connectivity index is 1.71. The van der Waals surface area contributed by atoms with E-state index in [-0.39, 0.29) is 17.6 Å². The molecule has 0 aliphatic carbocycles. The highest BCUT2D eigenvalue weighted by molar-refractivity contribution is 5.81. The number of halogens is 1. The number of imidazole rings is 1. The van der Waals surface area contributed by atoms with Gasteiger partial charge >= 0.3 is 0 Å². The van der Waals surface area contributed by atoms with Crippen LogP contribution in [-0.4, -0.2) is 33.4 Å². The molecule has 0 saturated carbocycles. The Bertz CT molecular complexity index is 965. The molecule has 4 nitrogen and oxygen atoms in total. The number of hydrogen-bond acceptors (Lipinski definition) is 2. The Kier molecular flexibility index (Phi) is 4.92. The molecule has 1 fully saturated rings. The second-order valence-electron chi connectivity index (χ2n) is 7.23. The third kappa shape index (κ3) is 3.46. The van der Waals surface area contributed by atoms with E-state index >= 15 is 0 Å². The van der Waals surface area contributed by atoms with E-state index in [1.54, 1.807) is 12.1 Å². The topological polar surface area (TPSA) is 38.1 Å². The first-order valence-corrected chi connectivity index (χ1v) is 9.63. The number of rotatable bonds is 6. The number of carbonyl (C=O) groups is 1. The number of nitrogens with zero attached hydrogens (tertiary/aromatic N) is 3. The number of aromatic nitrogens is 2. The van der Waals surface area contributed by atoms with Crippen molar-refractivity contribution in [1.29, 1.82) is 0 Å². The Morgan fingerprint density at radius 3 is 2.74 bits per heavy atom. The monoisotopic (exact) mass is 365 g/mol. The fraction of sp³-hybridized carbons (Fsp3) is 0.364. The second kappa shape index (κ2) is 7.51. The van der Waals surface area contributed by atoms with Crippen LogP contribution in [0.3, 0.4) is 0 Å². The lowest BCUT2D eigenvalue weighted by Crippen LogP contribution is -2.26. The second-order valence-corrected chi connectivity index (χ2v) is 7.23. The summed E-state index contributed by atoms with van der Waals surface area (Å²) in [6.07, 6.45) is 2.56. The Labute approximate surface area is 158 Å². The minimum Gasteiger partial charge on any atom is -0.342 e. The van der Waals surface area contributed by atoms with Gasteiger partial charge in [-0.25, -0.2) is 9.37 Å². The number of likely N-dealkylation sites (tertiary alicyclic amines) is 1. The molecule has 1 aromatic heterocycles. The van der Waals surface area contributed by atoms with Gasteiger partial charge in [-0.2, -0.15) is 0 Å². The molecule has 4 rings (SSSR count). The Hall–Kier alpha value is -2.69. The van der Waals surface area contributed by atoms with Crippen molar-refractivity contribution in [3.8, 4) is 0 Å². The summed E-state index contributed by atoms with van der Waals surface area (Å²) in [6, 6.07) is 14.8. The summed E-state index contributed by atoms with van der Waals surface area (Å²) in [7, 11) is 0. The molecule has 1 saturated heterocycles. The molecule has 0 N–H and O–H groups in total. The summed E-state index contributed by atoms with van der Waals surface area (Å²) in [5.41, 5.74) is 2.51. The zero-order chi connectivity index (χ0) is 18.8. The standard InChI is InChI=1S/C22H24FN3O/c1-2-3-12-25-14-17(13-21(25)27)22-24-19-10-6-7-11-20(19)26(22)15-16-8-4-5-9-18(16)23/h4-11,17H,2-3,12-15H2,1H3. The lowest BCUT2D eigenvalue weighted by atomic mass is 10.1. The molecular weight excluding hydrogens is 341 g/mol. The maximum Gasteiger partial charge on any atom is 0.223 e. The molecule has 2 heterocycles. The van der Waals surface area contributed by atoms with E-state index in [1.807, 2.05) is 35.2 Å². The van der Waals surface area contributed by atoms with Crippen LogP contribution in [0.5, 0.6) is 0 Å². The van der Waals surface area contributed by atoms with E-state index in [1.165, 1.54) is 6.07 Å². The lowest BCUT2D eigenvalue weighted by Gasteiger charge is -2.17. The van der Waals surface area contributed by atoms with Crippen molar-refractivity contribution in [2.24, 2.45) is 0 Å². The summed E-state index contributed by atoms with van der Waals surface area (Å²) in [6.45, 7) is 4.05. The SMILES string of the molecule is CCCCN1CC(c2nc3ccccc3n2Cc2ccccc2F)CC1=O. The molecule has 1 amide bonds. The van der Waals surface area contributed by atoms with E-state index in [0.29, 0.717) is 25.1 Å². The van der Waals surface area contributed by atoms with Gasteiger partial charge < -0.3 is 9.47 Å². The molecule has 0 spiro atoms. The molecule has 140 valence electrons. The van der Waals surface area contributed by atoms with Crippen LogP contribution in [0.15, 0.2) is 48.5 Å². The largest absolute Gasteiger partial charge is 0.342 e. The van der Waals surface area contributed by atoms with Gasteiger partial charge in [0.25, 0.3) is 0 Å². The molecule has 1 atom stereocenters. The number of fused-ring (bicyclic) bond motifs is 1. The fourth-order valence-corrected chi connectivity index (χ4v) is 3.88. The van der Waals surface area contributed by atoms with Crippen LogP contribution in [0.1, 0.15) is 43.5 Å². The molecule has 27 heavy (non-hydrogen) atoms. The normalized spacial score (nSPS) is 17.2. The number of para-hydroxylation sites is 2. The summed E-state index contributed by atoms with van der Waals surface area (Å²) < 4.78 is 16.3. The quantitative estimate of drug-likeness (QED) is 0.652. The van der Waals surface area contributed by atoms with Crippen LogP contribution in [0.2, 0.25) is 0 Å². The van der Waals surface area contributed by atoms with Crippen molar-refractivity contribution < 1.29 is 9.18 Å². The molecule has 1 aliphatic rings. The predicted octanol–water partition coefficient (Wildman–Crippen LogP) is 4.34. The van der Waals surface area contributed by atoms with Crippen LogP contribution in [-0.2, 0) is 11.3 Å². The highest BCUT2D eigenvalue weighted by Gasteiger charge is 2.33. The smallest absolute Gasteiger partial charge is 0.223 e. The average Bonchev–Trinajstić information content (AvgIpc) is 3.22. The summed E-state index contributed by atoms with van der Waals surface area (Å²) in [5.74, 6) is 0.909. The molecule has 1 aliphatic heterocycles. The van der Waals surface area contributed by atoms with E-state index in [2.05, 4.69) is 11.5 Å². The minimum absolute atomic E-state index is 0.0496.